The minimum atomic E-state index is -0.363. The summed E-state index contributed by atoms with van der Waals surface area (Å²) in [4.78, 5) is 22.1. The van der Waals surface area contributed by atoms with Gasteiger partial charge in [-0.2, -0.15) is 0 Å². The maximum atomic E-state index is 11.6. The van der Waals surface area contributed by atoms with Crippen molar-refractivity contribution in [3.63, 3.8) is 0 Å². The van der Waals surface area contributed by atoms with Crippen LogP contribution in [0.5, 0.6) is 0 Å². The molecule has 4 N–H and O–H groups in total. The molecule has 2 atom stereocenters. The van der Waals surface area contributed by atoms with E-state index >= 15 is 0 Å². The van der Waals surface area contributed by atoms with E-state index in [2.05, 4.69) is 15.0 Å². The van der Waals surface area contributed by atoms with Gasteiger partial charge in [-0.25, -0.2) is 0 Å². The van der Waals surface area contributed by atoms with Gasteiger partial charge in [0.15, 0.2) is 0 Å². The predicted octanol–water partition coefficient (Wildman–Crippen LogP) is -1.33. The Morgan fingerprint density at radius 1 is 1.72 bits per heavy atom. The van der Waals surface area contributed by atoms with E-state index in [9.17, 15) is 4.79 Å². The Balaban J connectivity index is 2.05. The third-order valence-corrected chi connectivity index (χ3v) is 4.97. The first-order valence-corrected chi connectivity index (χ1v) is 7.49. The van der Waals surface area contributed by atoms with E-state index in [1.165, 1.54) is 6.33 Å². The average molecular weight is 316 g/mol. The van der Waals surface area contributed by atoms with Crippen molar-refractivity contribution in [2.75, 3.05) is 12.3 Å². The van der Waals surface area contributed by atoms with Gasteiger partial charge in [-0.15, -0.1) is 0 Å². The standard InChI is InChI=1S/C9H11N5O3Se/c10-9-12-7-6(8(16)13-9)11-3-14(7)4-2-18-5(1-15)17-4/h3-5,15H,1-2H2,(H3,10,12,13,16)/t4-,5+/m1/s1. The number of hydrogen-bond donors (Lipinski definition) is 3. The van der Waals surface area contributed by atoms with Crippen LogP contribution in [0.1, 0.15) is 6.23 Å². The molecule has 96 valence electrons. The van der Waals surface area contributed by atoms with Gasteiger partial charge in [-0.05, 0) is 0 Å². The van der Waals surface area contributed by atoms with Crippen LogP contribution in [0.3, 0.4) is 0 Å². The Kier molecular flexibility index (Phi) is 2.83. The molecule has 0 spiro atoms. The van der Waals surface area contributed by atoms with Crippen molar-refractivity contribution < 1.29 is 9.84 Å². The summed E-state index contributed by atoms with van der Waals surface area (Å²) in [5, 5.41) is 9.75. The molecule has 1 saturated heterocycles. The number of nitrogens with zero attached hydrogens (tertiary/aromatic N) is 3. The molecule has 0 aliphatic carbocycles. The first-order valence-electron chi connectivity index (χ1n) is 5.29. The number of aromatic amines is 1. The third kappa shape index (κ3) is 1.81. The number of nitrogens with one attached hydrogen (secondary N) is 1. The molecule has 18 heavy (non-hydrogen) atoms. The van der Waals surface area contributed by atoms with Gasteiger partial charge in [0.2, 0.25) is 0 Å². The van der Waals surface area contributed by atoms with Crippen LogP contribution in [-0.4, -0.2) is 51.2 Å². The normalized spacial score (nSPS) is 23.8. The van der Waals surface area contributed by atoms with Gasteiger partial charge in [-0.1, -0.05) is 0 Å². The summed E-state index contributed by atoms with van der Waals surface area (Å²) < 4.78 is 7.34. The second-order valence-electron chi connectivity index (χ2n) is 3.81. The van der Waals surface area contributed by atoms with E-state index in [1.54, 1.807) is 4.57 Å². The van der Waals surface area contributed by atoms with E-state index in [1.807, 2.05) is 0 Å². The number of hydrogen-bond acceptors (Lipinski definition) is 6. The van der Waals surface area contributed by atoms with Crippen LogP contribution in [-0.2, 0) is 4.74 Å². The molecular formula is C9H11N5O3Se. The predicted molar refractivity (Wildman–Crippen MR) is 64.1 cm³/mol. The second kappa shape index (κ2) is 4.36. The summed E-state index contributed by atoms with van der Waals surface area (Å²) in [6, 6.07) is 0. The third-order valence-electron chi connectivity index (χ3n) is 2.64. The van der Waals surface area contributed by atoms with Gasteiger partial charge in [0.25, 0.3) is 0 Å². The van der Waals surface area contributed by atoms with Gasteiger partial charge in [-0.3, -0.25) is 0 Å². The summed E-state index contributed by atoms with van der Waals surface area (Å²) in [6.45, 7) is 0.0132. The van der Waals surface area contributed by atoms with E-state index in [0.29, 0.717) is 5.65 Å². The Labute approximate surface area is 107 Å². The van der Waals surface area contributed by atoms with Crippen LogP contribution in [0, 0.1) is 0 Å². The molecule has 1 fully saturated rings. The van der Waals surface area contributed by atoms with Gasteiger partial charge >= 0.3 is 107 Å². The van der Waals surface area contributed by atoms with Crippen LogP contribution < -0.4 is 11.3 Å². The van der Waals surface area contributed by atoms with E-state index in [4.69, 9.17) is 15.6 Å². The number of aliphatic hydroxyl groups is 1. The summed E-state index contributed by atoms with van der Waals surface area (Å²) in [7, 11) is 0. The van der Waals surface area contributed by atoms with Crippen molar-refractivity contribution >= 4 is 32.1 Å². The van der Waals surface area contributed by atoms with Crippen molar-refractivity contribution in [3.8, 4) is 0 Å². The zero-order chi connectivity index (χ0) is 12.7. The van der Waals surface area contributed by atoms with Crippen molar-refractivity contribution in [2.45, 2.75) is 16.5 Å². The Hall–Kier alpha value is -1.41. The zero-order valence-corrected chi connectivity index (χ0v) is 11.0. The molecule has 2 aromatic heterocycles. The fourth-order valence-electron chi connectivity index (χ4n) is 1.84. The fourth-order valence-corrected chi connectivity index (χ4v) is 3.79. The number of H-pyrrole nitrogens is 1. The van der Waals surface area contributed by atoms with Crippen LogP contribution in [0.4, 0.5) is 5.95 Å². The number of anilines is 1. The second-order valence-corrected chi connectivity index (χ2v) is 6.31. The molecule has 1 aliphatic heterocycles. The van der Waals surface area contributed by atoms with Crippen LogP contribution in [0.15, 0.2) is 11.1 Å². The maximum absolute atomic E-state index is 11.6. The van der Waals surface area contributed by atoms with Crippen molar-refractivity contribution in [2.24, 2.45) is 0 Å². The Morgan fingerprint density at radius 2 is 2.56 bits per heavy atom. The summed E-state index contributed by atoms with van der Waals surface area (Å²) >= 11 is 0.211. The molecule has 0 unspecified atom stereocenters. The number of aromatic nitrogens is 4. The Bertz CT molecular complexity index is 639. The molecule has 3 rings (SSSR count). The molecule has 1 aliphatic rings. The number of rotatable bonds is 2. The molecule has 0 bridgehead atoms. The molecule has 0 saturated carbocycles. The first-order chi connectivity index (χ1) is 8.69. The number of nitrogens with two attached hydrogens (primary N) is 1. The molecule has 0 radical (unpaired) electrons. The van der Waals surface area contributed by atoms with Crippen LogP contribution in [0.2, 0.25) is 5.32 Å². The number of nitrogen functional groups attached to an aromatic ring is 1. The molecular weight excluding hydrogens is 305 g/mol. The monoisotopic (exact) mass is 317 g/mol. The number of aliphatic hydroxyl groups excluding tert-OH is 1. The summed E-state index contributed by atoms with van der Waals surface area (Å²) in [5.74, 6) is 0.0523. The van der Waals surface area contributed by atoms with E-state index in [-0.39, 0.29) is 49.8 Å². The SMILES string of the molecule is Nc1nc2c(ncn2[C@H]2C[Se][C@@H](CO)O2)c(=O)[nH]1. The van der Waals surface area contributed by atoms with Crippen LogP contribution in [0.25, 0.3) is 11.2 Å². The van der Waals surface area contributed by atoms with Crippen molar-refractivity contribution in [1.82, 2.24) is 19.5 Å². The first kappa shape index (κ1) is 11.7. The van der Waals surface area contributed by atoms with Crippen molar-refractivity contribution in [1.29, 1.82) is 0 Å². The quantitative estimate of drug-likeness (QED) is 0.591. The Morgan fingerprint density at radius 3 is 3.28 bits per heavy atom. The summed E-state index contributed by atoms with van der Waals surface area (Å²) in [5.41, 5.74) is 5.81. The average Bonchev–Trinajstić information content (AvgIpc) is 2.93. The van der Waals surface area contributed by atoms with E-state index < -0.39 is 0 Å². The topological polar surface area (TPSA) is 119 Å². The molecule has 3 heterocycles. The molecule has 0 amide bonds. The van der Waals surface area contributed by atoms with Crippen LogP contribution >= 0.6 is 0 Å². The van der Waals surface area contributed by atoms with E-state index in [0.717, 1.165) is 5.32 Å². The number of fused-ring (bicyclic) bond motifs is 1. The van der Waals surface area contributed by atoms with Gasteiger partial charge in [0.05, 0.1) is 0 Å². The van der Waals surface area contributed by atoms with Gasteiger partial charge in [0, 0.05) is 0 Å². The fraction of sp³-hybridized carbons (Fsp3) is 0.444. The molecule has 9 heteroatoms. The van der Waals surface area contributed by atoms with Gasteiger partial charge in [0.1, 0.15) is 0 Å². The summed E-state index contributed by atoms with van der Waals surface area (Å²) in [6.07, 6.45) is 1.29. The molecule has 0 aromatic carbocycles. The number of imidazole rings is 1. The molecule has 8 nitrogen and oxygen atoms in total. The van der Waals surface area contributed by atoms with Crippen molar-refractivity contribution in [3.05, 3.63) is 16.7 Å². The zero-order valence-electron chi connectivity index (χ0n) is 9.24. The molecule has 2 aromatic rings. The number of ether oxygens (including phenoxy) is 1. The minimum absolute atomic E-state index is 0.0132. The van der Waals surface area contributed by atoms with Gasteiger partial charge < -0.3 is 0 Å².